The molecule has 9 heavy (non-hydrogen) atoms. The highest BCUT2D eigenvalue weighted by molar-refractivity contribution is 4.73. The van der Waals surface area contributed by atoms with E-state index in [4.69, 9.17) is 9.94 Å². The zero-order chi connectivity index (χ0) is 7.02. The van der Waals surface area contributed by atoms with Gasteiger partial charge in [-0.15, -0.1) is 0 Å². The van der Waals surface area contributed by atoms with Crippen molar-refractivity contribution in [2.75, 3.05) is 7.05 Å². The van der Waals surface area contributed by atoms with E-state index < -0.39 is 6.29 Å². The van der Waals surface area contributed by atoms with Gasteiger partial charge in [-0.25, -0.2) is 0 Å². The number of hydroxylamine groups is 2. The molecular weight excluding hydrogens is 118 g/mol. The summed E-state index contributed by atoms with van der Waals surface area (Å²) in [5.41, 5.74) is 0. The van der Waals surface area contributed by atoms with Crippen LogP contribution in [0.1, 0.15) is 13.8 Å². The van der Waals surface area contributed by atoms with Gasteiger partial charge in [-0.05, 0) is 6.92 Å². The maximum Gasteiger partial charge on any atom is 0.178 e. The second kappa shape index (κ2) is 2.25. The predicted octanol–water partition coefficient (Wildman–Crippen LogP) is 0.206. The van der Waals surface area contributed by atoms with E-state index in [0.29, 0.717) is 6.04 Å². The van der Waals surface area contributed by atoms with Crippen LogP contribution in [0.3, 0.4) is 0 Å². The first-order valence-electron chi connectivity index (χ1n) is 3.20. The van der Waals surface area contributed by atoms with E-state index >= 15 is 0 Å². The number of aliphatic hydroxyl groups is 1. The average Bonchev–Trinajstić information content (AvgIpc) is 1.98. The molecule has 0 amide bonds. The first-order chi connectivity index (χ1) is 4.13. The third-order valence-corrected chi connectivity index (χ3v) is 2.06. The Morgan fingerprint density at radius 2 is 2.00 bits per heavy atom. The van der Waals surface area contributed by atoms with Crippen LogP contribution in [0.4, 0.5) is 0 Å². The van der Waals surface area contributed by atoms with Crippen molar-refractivity contribution in [3.05, 3.63) is 0 Å². The molecule has 0 saturated carbocycles. The summed E-state index contributed by atoms with van der Waals surface area (Å²) in [6.45, 7) is 4.00. The number of nitrogens with zero attached hydrogens (tertiary/aromatic N) is 1. The SMILES string of the molecule is C[C@@H]1C(O)ON(C)[C@H]1C. The molecule has 0 aromatic rings. The zero-order valence-electron chi connectivity index (χ0n) is 6.03. The summed E-state index contributed by atoms with van der Waals surface area (Å²) in [6, 6.07) is 0.319. The van der Waals surface area contributed by atoms with Gasteiger partial charge in [0.05, 0.1) is 0 Å². The first kappa shape index (κ1) is 6.99. The summed E-state index contributed by atoms with van der Waals surface area (Å²) < 4.78 is 0. The Balaban J connectivity index is 2.54. The van der Waals surface area contributed by atoms with Crippen LogP contribution in [0, 0.1) is 5.92 Å². The van der Waals surface area contributed by atoms with E-state index in [1.165, 1.54) is 0 Å². The molecule has 0 aromatic carbocycles. The van der Waals surface area contributed by atoms with Crippen molar-refractivity contribution in [3.8, 4) is 0 Å². The minimum atomic E-state index is -0.606. The Morgan fingerprint density at radius 1 is 1.44 bits per heavy atom. The van der Waals surface area contributed by atoms with Crippen molar-refractivity contribution in [3.63, 3.8) is 0 Å². The third-order valence-electron chi connectivity index (χ3n) is 2.06. The van der Waals surface area contributed by atoms with Gasteiger partial charge in [0.1, 0.15) is 0 Å². The molecule has 3 nitrogen and oxygen atoms in total. The van der Waals surface area contributed by atoms with Gasteiger partial charge in [0.25, 0.3) is 0 Å². The van der Waals surface area contributed by atoms with Crippen molar-refractivity contribution < 1.29 is 9.94 Å². The molecule has 1 aliphatic rings. The summed E-state index contributed by atoms with van der Waals surface area (Å²) in [7, 11) is 1.83. The molecule has 0 aliphatic carbocycles. The van der Waals surface area contributed by atoms with Crippen LogP contribution >= 0.6 is 0 Å². The molecule has 1 aliphatic heterocycles. The number of rotatable bonds is 0. The second-order valence-electron chi connectivity index (χ2n) is 2.64. The fourth-order valence-corrected chi connectivity index (χ4v) is 0.932. The smallest absolute Gasteiger partial charge is 0.178 e. The molecule has 0 spiro atoms. The fourth-order valence-electron chi connectivity index (χ4n) is 0.932. The van der Waals surface area contributed by atoms with Crippen LogP contribution in [0.15, 0.2) is 0 Å². The van der Waals surface area contributed by atoms with Crippen molar-refractivity contribution >= 4 is 0 Å². The van der Waals surface area contributed by atoms with Crippen molar-refractivity contribution in [1.82, 2.24) is 5.06 Å². The molecule has 54 valence electrons. The van der Waals surface area contributed by atoms with E-state index in [-0.39, 0.29) is 5.92 Å². The summed E-state index contributed by atoms with van der Waals surface area (Å²) in [6.07, 6.45) is -0.606. The minimum absolute atomic E-state index is 0.218. The van der Waals surface area contributed by atoms with Crippen molar-refractivity contribution in [2.24, 2.45) is 5.92 Å². The maximum atomic E-state index is 9.07. The van der Waals surface area contributed by atoms with Gasteiger partial charge >= 0.3 is 0 Å². The van der Waals surface area contributed by atoms with Crippen LogP contribution in [0.2, 0.25) is 0 Å². The number of aliphatic hydroxyl groups excluding tert-OH is 1. The summed E-state index contributed by atoms with van der Waals surface area (Å²) >= 11 is 0. The van der Waals surface area contributed by atoms with E-state index in [2.05, 4.69) is 0 Å². The van der Waals surface area contributed by atoms with Gasteiger partial charge in [-0.2, -0.15) is 5.06 Å². The molecule has 0 bridgehead atoms. The third kappa shape index (κ3) is 1.08. The summed E-state index contributed by atoms with van der Waals surface area (Å²) in [4.78, 5) is 4.97. The molecule has 0 aromatic heterocycles. The lowest BCUT2D eigenvalue weighted by Crippen LogP contribution is -2.23. The molecule has 3 heteroatoms. The molecular formula is C6H13NO2. The lowest BCUT2D eigenvalue weighted by Gasteiger charge is -2.12. The summed E-state index contributed by atoms with van der Waals surface area (Å²) in [5, 5.41) is 10.8. The summed E-state index contributed by atoms with van der Waals surface area (Å²) in [5.74, 6) is 0.218. The fraction of sp³-hybridized carbons (Fsp3) is 1.00. The van der Waals surface area contributed by atoms with Gasteiger partial charge < -0.3 is 5.11 Å². The average molecular weight is 131 g/mol. The quantitative estimate of drug-likeness (QED) is 0.510. The lowest BCUT2D eigenvalue weighted by molar-refractivity contribution is -0.210. The molecule has 1 fully saturated rings. The van der Waals surface area contributed by atoms with Crippen molar-refractivity contribution in [2.45, 2.75) is 26.2 Å². The van der Waals surface area contributed by atoms with Gasteiger partial charge in [-0.3, -0.25) is 4.84 Å². The monoisotopic (exact) mass is 131 g/mol. The van der Waals surface area contributed by atoms with E-state index in [1.54, 1.807) is 5.06 Å². The van der Waals surface area contributed by atoms with Crippen LogP contribution in [0.5, 0.6) is 0 Å². The Morgan fingerprint density at radius 3 is 2.11 bits per heavy atom. The lowest BCUT2D eigenvalue weighted by atomic mass is 10.1. The number of hydrogen-bond donors (Lipinski definition) is 1. The van der Waals surface area contributed by atoms with Crippen molar-refractivity contribution in [1.29, 1.82) is 0 Å². The molecule has 1 saturated heterocycles. The molecule has 1 N–H and O–H groups in total. The Bertz CT molecular complexity index is 95.2. The standard InChI is InChI=1S/C6H13NO2/c1-4-5(2)7(3)9-6(4)8/h4-6,8H,1-3H3/t4-,5-,6?/m0/s1. The van der Waals surface area contributed by atoms with Gasteiger partial charge in [0.2, 0.25) is 0 Å². The molecule has 1 heterocycles. The largest absolute Gasteiger partial charge is 0.366 e. The molecule has 0 radical (unpaired) electrons. The molecule has 1 rings (SSSR count). The Hall–Kier alpha value is -0.120. The van der Waals surface area contributed by atoms with Crippen LogP contribution in [0.25, 0.3) is 0 Å². The highest BCUT2D eigenvalue weighted by Crippen LogP contribution is 2.22. The van der Waals surface area contributed by atoms with Gasteiger partial charge in [0.15, 0.2) is 6.29 Å². The number of hydrogen-bond acceptors (Lipinski definition) is 3. The Kier molecular flexibility index (Phi) is 1.75. The second-order valence-corrected chi connectivity index (χ2v) is 2.64. The van der Waals surface area contributed by atoms with E-state index in [9.17, 15) is 0 Å². The highest BCUT2D eigenvalue weighted by atomic mass is 16.8. The van der Waals surface area contributed by atoms with E-state index in [1.807, 2.05) is 20.9 Å². The Labute approximate surface area is 55.2 Å². The topological polar surface area (TPSA) is 32.7 Å². The van der Waals surface area contributed by atoms with Gasteiger partial charge in [0, 0.05) is 19.0 Å². The first-order valence-corrected chi connectivity index (χ1v) is 3.20. The highest BCUT2D eigenvalue weighted by Gasteiger charge is 2.33. The van der Waals surface area contributed by atoms with Crippen LogP contribution < -0.4 is 0 Å². The normalized spacial score (nSPS) is 46.0. The molecule has 3 atom stereocenters. The minimum Gasteiger partial charge on any atom is -0.366 e. The van der Waals surface area contributed by atoms with Gasteiger partial charge in [-0.1, -0.05) is 6.92 Å². The predicted molar refractivity (Wildman–Crippen MR) is 33.5 cm³/mol. The van der Waals surface area contributed by atoms with Crippen LogP contribution in [-0.4, -0.2) is 29.5 Å². The van der Waals surface area contributed by atoms with Crippen LogP contribution in [-0.2, 0) is 4.84 Å². The zero-order valence-corrected chi connectivity index (χ0v) is 6.03. The van der Waals surface area contributed by atoms with E-state index in [0.717, 1.165) is 0 Å². The molecule has 1 unspecified atom stereocenters. The maximum absolute atomic E-state index is 9.07.